The molecule has 1 fully saturated rings. The van der Waals surface area contributed by atoms with Gasteiger partial charge in [0.25, 0.3) is 5.24 Å². The number of rotatable bonds is 4. The number of imide groups is 1. The van der Waals surface area contributed by atoms with Crippen LogP contribution in [0.25, 0.3) is 0 Å². The van der Waals surface area contributed by atoms with Gasteiger partial charge in [0.2, 0.25) is 11.8 Å². The predicted octanol–water partition coefficient (Wildman–Crippen LogP) is 1.38. The van der Waals surface area contributed by atoms with Crippen molar-refractivity contribution in [3.05, 3.63) is 24.3 Å². The highest BCUT2D eigenvalue weighted by atomic mass is 32.2. The van der Waals surface area contributed by atoms with Gasteiger partial charge in [-0.2, -0.15) is 0 Å². The number of hydrogen-bond acceptors (Lipinski definition) is 5. The van der Waals surface area contributed by atoms with E-state index in [1.165, 1.54) is 0 Å². The maximum Gasteiger partial charge on any atom is 0.286 e. The molecule has 0 saturated carbocycles. The van der Waals surface area contributed by atoms with Gasteiger partial charge in [-0.1, -0.05) is 11.8 Å². The number of carbonyl (C=O) groups excluding carboxylic acids is 3. The number of methoxy groups -OCH3 is 1. The zero-order chi connectivity index (χ0) is 13.8. The second kappa shape index (κ2) is 5.75. The van der Waals surface area contributed by atoms with Gasteiger partial charge in [0.05, 0.1) is 7.11 Å². The molecule has 0 bridgehead atoms. The SMILES string of the molecule is COc1ccc(NC(=O)C[C@@H]2SC(=O)NC2=O)cc1. The summed E-state index contributed by atoms with van der Waals surface area (Å²) in [6.07, 6.45) is -0.0335. The standard InChI is InChI=1S/C12H12N2O4S/c1-18-8-4-2-7(3-5-8)13-10(15)6-9-11(16)14-12(17)19-9/h2-5,9H,6H2,1H3,(H,13,15)(H,14,16,17)/t9-/m0/s1. The summed E-state index contributed by atoms with van der Waals surface area (Å²) in [6, 6.07) is 6.83. The van der Waals surface area contributed by atoms with Gasteiger partial charge in [0.15, 0.2) is 0 Å². The molecule has 6 nitrogen and oxygen atoms in total. The van der Waals surface area contributed by atoms with Gasteiger partial charge < -0.3 is 10.1 Å². The van der Waals surface area contributed by atoms with Crippen LogP contribution < -0.4 is 15.4 Å². The van der Waals surface area contributed by atoms with Crippen LogP contribution in [0.5, 0.6) is 5.75 Å². The molecule has 0 radical (unpaired) electrons. The van der Waals surface area contributed by atoms with Crippen molar-refractivity contribution in [3.8, 4) is 5.75 Å². The third-order valence-corrected chi connectivity index (χ3v) is 3.49. The number of hydrogen-bond donors (Lipinski definition) is 2. The molecular formula is C12H12N2O4S. The number of anilines is 1. The molecule has 2 rings (SSSR count). The summed E-state index contributed by atoms with van der Waals surface area (Å²) in [5.41, 5.74) is 0.612. The molecule has 0 spiro atoms. The fourth-order valence-electron chi connectivity index (χ4n) is 1.58. The summed E-state index contributed by atoms with van der Waals surface area (Å²) in [5.74, 6) is -0.0401. The third kappa shape index (κ3) is 3.47. The average molecular weight is 280 g/mol. The Morgan fingerprint density at radius 2 is 2.05 bits per heavy atom. The van der Waals surface area contributed by atoms with Crippen LogP contribution in [0.1, 0.15) is 6.42 Å². The van der Waals surface area contributed by atoms with Crippen molar-refractivity contribution >= 4 is 34.5 Å². The minimum Gasteiger partial charge on any atom is -0.497 e. The molecule has 1 aromatic carbocycles. The quantitative estimate of drug-likeness (QED) is 0.870. The topological polar surface area (TPSA) is 84.5 Å². The molecule has 0 aliphatic carbocycles. The van der Waals surface area contributed by atoms with Crippen molar-refractivity contribution in [2.45, 2.75) is 11.7 Å². The van der Waals surface area contributed by atoms with Crippen LogP contribution in [-0.2, 0) is 9.59 Å². The lowest BCUT2D eigenvalue weighted by Crippen LogP contribution is -2.27. The Balaban J connectivity index is 1.90. The highest BCUT2D eigenvalue weighted by Gasteiger charge is 2.33. The second-order valence-corrected chi connectivity index (χ2v) is 5.04. The van der Waals surface area contributed by atoms with E-state index < -0.39 is 16.4 Å². The Kier molecular flexibility index (Phi) is 4.06. The van der Waals surface area contributed by atoms with Gasteiger partial charge in [-0.05, 0) is 24.3 Å². The van der Waals surface area contributed by atoms with Crippen LogP contribution in [0.4, 0.5) is 10.5 Å². The molecule has 2 N–H and O–H groups in total. The van der Waals surface area contributed by atoms with E-state index >= 15 is 0 Å². The van der Waals surface area contributed by atoms with E-state index in [1.54, 1.807) is 31.4 Å². The molecule has 1 aliphatic heterocycles. The van der Waals surface area contributed by atoms with Gasteiger partial charge in [-0.15, -0.1) is 0 Å². The van der Waals surface area contributed by atoms with Crippen molar-refractivity contribution in [2.24, 2.45) is 0 Å². The number of ether oxygens (including phenoxy) is 1. The van der Waals surface area contributed by atoms with Gasteiger partial charge in [0, 0.05) is 12.1 Å². The van der Waals surface area contributed by atoms with Crippen LogP contribution in [-0.4, -0.2) is 29.4 Å². The van der Waals surface area contributed by atoms with E-state index in [0.717, 1.165) is 11.8 Å². The first kappa shape index (κ1) is 13.4. The molecule has 100 valence electrons. The first-order valence-corrected chi connectivity index (χ1v) is 6.42. The molecule has 19 heavy (non-hydrogen) atoms. The van der Waals surface area contributed by atoms with Crippen LogP contribution in [0, 0.1) is 0 Å². The van der Waals surface area contributed by atoms with Gasteiger partial charge >= 0.3 is 0 Å². The Morgan fingerprint density at radius 1 is 1.37 bits per heavy atom. The monoisotopic (exact) mass is 280 g/mol. The maximum atomic E-state index is 11.7. The summed E-state index contributed by atoms with van der Waals surface area (Å²) >= 11 is 0.838. The molecule has 7 heteroatoms. The number of benzene rings is 1. The largest absolute Gasteiger partial charge is 0.497 e. The zero-order valence-corrected chi connectivity index (χ0v) is 11.0. The molecular weight excluding hydrogens is 268 g/mol. The lowest BCUT2D eigenvalue weighted by molar-refractivity contribution is -0.122. The number of nitrogens with one attached hydrogen (secondary N) is 2. The van der Waals surface area contributed by atoms with E-state index in [2.05, 4.69) is 10.6 Å². The van der Waals surface area contributed by atoms with E-state index in [9.17, 15) is 14.4 Å². The molecule has 0 unspecified atom stereocenters. The van der Waals surface area contributed by atoms with Crippen molar-refractivity contribution in [1.82, 2.24) is 5.32 Å². The Morgan fingerprint density at radius 3 is 2.58 bits per heavy atom. The molecule has 1 atom stereocenters. The molecule has 1 aromatic rings. The summed E-state index contributed by atoms with van der Waals surface area (Å²) in [7, 11) is 1.56. The third-order valence-electron chi connectivity index (χ3n) is 2.51. The minimum absolute atomic E-state index is 0.0335. The van der Waals surface area contributed by atoms with E-state index in [1.807, 2.05) is 0 Å². The Hall–Kier alpha value is -2.02. The summed E-state index contributed by atoms with van der Waals surface area (Å²) in [5, 5.41) is 3.74. The predicted molar refractivity (Wildman–Crippen MR) is 71.2 cm³/mol. The lowest BCUT2D eigenvalue weighted by atomic mass is 10.2. The van der Waals surface area contributed by atoms with Crippen molar-refractivity contribution in [2.75, 3.05) is 12.4 Å². The van der Waals surface area contributed by atoms with Crippen molar-refractivity contribution < 1.29 is 19.1 Å². The second-order valence-electron chi connectivity index (χ2n) is 3.86. The first-order chi connectivity index (χ1) is 9.08. The fourth-order valence-corrected chi connectivity index (χ4v) is 2.40. The Bertz CT molecular complexity index is 515. The van der Waals surface area contributed by atoms with Crippen LogP contribution >= 0.6 is 11.8 Å². The highest BCUT2D eigenvalue weighted by molar-refractivity contribution is 8.15. The fraction of sp³-hybridized carbons (Fsp3) is 0.250. The lowest BCUT2D eigenvalue weighted by Gasteiger charge is -2.07. The summed E-state index contributed by atoms with van der Waals surface area (Å²) in [6.45, 7) is 0. The zero-order valence-electron chi connectivity index (χ0n) is 10.1. The van der Waals surface area contributed by atoms with Crippen LogP contribution in [0.3, 0.4) is 0 Å². The first-order valence-electron chi connectivity index (χ1n) is 5.54. The summed E-state index contributed by atoms with van der Waals surface area (Å²) < 4.78 is 5.00. The van der Waals surface area contributed by atoms with Crippen LogP contribution in [0.15, 0.2) is 24.3 Å². The molecule has 1 aliphatic rings. The number of thioether (sulfide) groups is 1. The van der Waals surface area contributed by atoms with Gasteiger partial charge in [-0.3, -0.25) is 19.7 Å². The van der Waals surface area contributed by atoms with Crippen molar-refractivity contribution in [3.63, 3.8) is 0 Å². The van der Waals surface area contributed by atoms with E-state index in [0.29, 0.717) is 11.4 Å². The average Bonchev–Trinajstić information content (AvgIpc) is 2.68. The summed E-state index contributed by atoms with van der Waals surface area (Å²) in [4.78, 5) is 34.0. The molecule has 0 aromatic heterocycles. The van der Waals surface area contributed by atoms with E-state index in [-0.39, 0.29) is 12.3 Å². The molecule has 3 amide bonds. The van der Waals surface area contributed by atoms with Crippen LogP contribution in [0.2, 0.25) is 0 Å². The van der Waals surface area contributed by atoms with Crippen molar-refractivity contribution in [1.29, 1.82) is 0 Å². The number of amides is 3. The van der Waals surface area contributed by atoms with Gasteiger partial charge in [-0.25, -0.2) is 0 Å². The Labute approximate surface area is 113 Å². The highest BCUT2D eigenvalue weighted by Crippen LogP contribution is 2.22. The number of carbonyl (C=O) groups is 3. The minimum atomic E-state index is -0.647. The molecule has 1 heterocycles. The smallest absolute Gasteiger partial charge is 0.286 e. The normalized spacial score (nSPS) is 18.1. The molecule has 1 saturated heterocycles. The van der Waals surface area contributed by atoms with Gasteiger partial charge in [0.1, 0.15) is 11.0 Å². The maximum absolute atomic E-state index is 11.7. The van der Waals surface area contributed by atoms with E-state index in [4.69, 9.17) is 4.74 Å².